The number of rotatable bonds is 7. The molecule has 2 N–H and O–H groups in total. The zero-order valence-corrected chi connectivity index (χ0v) is 22.0. The summed E-state index contributed by atoms with van der Waals surface area (Å²) >= 11 is 0. The summed E-state index contributed by atoms with van der Waals surface area (Å²) in [5.74, 6) is -0.669. The third kappa shape index (κ3) is 5.86. The fourth-order valence-corrected chi connectivity index (χ4v) is 4.71. The average molecular weight is 489 g/mol. The summed E-state index contributed by atoms with van der Waals surface area (Å²) in [6.45, 7) is 12.2. The Kier molecular flexibility index (Phi) is 7.07. The molecule has 6 nitrogen and oxygen atoms in total. The van der Waals surface area contributed by atoms with Gasteiger partial charge in [-0.1, -0.05) is 49.7 Å². The van der Waals surface area contributed by atoms with Crippen molar-refractivity contribution in [2.75, 3.05) is 0 Å². The SMILES string of the molecule is Cc1ccc(-c2c(CNC(=O)OC(C)(C)C)c(CC(C)C)nc3ccc(C4CC4C(=O)O)cc23)cc1. The molecule has 0 spiro atoms. The Balaban J connectivity index is 1.87. The largest absolute Gasteiger partial charge is 0.481 e. The highest BCUT2D eigenvalue weighted by atomic mass is 16.6. The highest BCUT2D eigenvalue weighted by Gasteiger charge is 2.44. The molecule has 0 aliphatic heterocycles. The van der Waals surface area contributed by atoms with E-state index in [1.165, 1.54) is 0 Å². The van der Waals surface area contributed by atoms with E-state index in [4.69, 9.17) is 9.72 Å². The molecule has 1 aromatic heterocycles. The highest BCUT2D eigenvalue weighted by molar-refractivity contribution is 5.97. The second kappa shape index (κ2) is 9.92. The standard InChI is InChI=1S/C30H36N2O4/c1-17(2)13-26-24(16-31-29(35)36-30(4,5)6)27(19-9-7-18(3)8-10-19)23-14-20(11-12-25(23)32-26)21-15-22(21)28(33)34/h7-12,14,17,21-22H,13,15-16H2,1-6H3,(H,31,35)(H,33,34). The van der Waals surface area contributed by atoms with Gasteiger partial charge in [0.05, 0.1) is 11.4 Å². The van der Waals surface area contributed by atoms with Crippen LogP contribution in [0.3, 0.4) is 0 Å². The maximum absolute atomic E-state index is 12.6. The van der Waals surface area contributed by atoms with Crippen molar-refractivity contribution in [3.63, 3.8) is 0 Å². The van der Waals surface area contributed by atoms with Gasteiger partial charge in [0.25, 0.3) is 0 Å². The number of carboxylic acid groups (broad SMARTS) is 1. The maximum Gasteiger partial charge on any atom is 0.407 e. The number of amides is 1. The van der Waals surface area contributed by atoms with Gasteiger partial charge in [0.1, 0.15) is 5.60 Å². The van der Waals surface area contributed by atoms with Crippen LogP contribution in [0.15, 0.2) is 42.5 Å². The van der Waals surface area contributed by atoms with Crippen LogP contribution in [-0.4, -0.2) is 27.8 Å². The number of ether oxygens (including phenoxy) is 1. The van der Waals surface area contributed by atoms with E-state index in [-0.39, 0.29) is 18.4 Å². The van der Waals surface area contributed by atoms with Crippen molar-refractivity contribution in [3.8, 4) is 11.1 Å². The van der Waals surface area contributed by atoms with Crippen LogP contribution < -0.4 is 5.32 Å². The normalized spacial score (nSPS) is 17.3. The molecule has 2 aromatic carbocycles. The molecule has 1 aliphatic rings. The van der Waals surface area contributed by atoms with Crippen molar-refractivity contribution in [3.05, 3.63) is 64.8 Å². The van der Waals surface area contributed by atoms with Crippen LogP contribution >= 0.6 is 0 Å². The minimum Gasteiger partial charge on any atom is -0.481 e. The number of nitrogens with zero attached hydrogens (tertiary/aromatic N) is 1. The summed E-state index contributed by atoms with van der Waals surface area (Å²) in [4.78, 5) is 29.1. The monoisotopic (exact) mass is 488 g/mol. The van der Waals surface area contributed by atoms with Crippen molar-refractivity contribution in [1.82, 2.24) is 10.3 Å². The van der Waals surface area contributed by atoms with Crippen LogP contribution in [0.1, 0.15) is 69.3 Å². The molecule has 2 unspecified atom stereocenters. The number of carbonyl (C=O) groups excluding carboxylic acids is 1. The smallest absolute Gasteiger partial charge is 0.407 e. The summed E-state index contributed by atoms with van der Waals surface area (Å²) in [6.07, 6.45) is 0.960. The molecule has 6 heteroatoms. The number of pyridine rings is 1. The zero-order chi connectivity index (χ0) is 26.2. The first-order valence-corrected chi connectivity index (χ1v) is 12.6. The van der Waals surface area contributed by atoms with Crippen LogP contribution in [0.4, 0.5) is 4.79 Å². The number of alkyl carbamates (subject to hydrolysis) is 1. The third-order valence-corrected chi connectivity index (χ3v) is 6.48. The van der Waals surface area contributed by atoms with Gasteiger partial charge < -0.3 is 15.2 Å². The van der Waals surface area contributed by atoms with Crippen LogP contribution in [0, 0.1) is 18.8 Å². The summed E-state index contributed by atoms with van der Waals surface area (Å²) < 4.78 is 5.50. The molecule has 190 valence electrons. The minimum atomic E-state index is -0.744. The fourth-order valence-electron chi connectivity index (χ4n) is 4.71. The number of hydrogen-bond acceptors (Lipinski definition) is 4. The summed E-state index contributed by atoms with van der Waals surface area (Å²) in [6, 6.07) is 14.5. The van der Waals surface area contributed by atoms with E-state index >= 15 is 0 Å². The lowest BCUT2D eigenvalue weighted by molar-refractivity contribution is -0.138. The number of nitrogens with one attached hydrogen (secondary N) is 1. The molecule has 1 fully saturated rings. The van der Waals surface area contributed by atoms with Crippen LogP contribution in [0.5, 0.6) is 0 Å². The van der Waals surface area contributed by atoms with E-state index in [2.05, 4.69) is 56.4 Å². The predicted octanol–water partition coefficient (Wildman–Crippen LogP) is 6.62. The van der Waals surface area contributed by atoms with Gasteiger partial charge in [0, 0.05) is 23.2 Å². The van der Waals surface area contributed by atoms with Crippen LogP contribution in [-0.2, 0) is 22.5 Å². The van der Waals surface area contributed by atoms with Crippen molar-refractivity contribution < 1.29 is 19.4 Å². The summed E-state index contributed by atoms with van der Waals surface area (Å²) in [5, 5.41) is 13.4. The lowest BCUT2D eigenvalue weighted by Crippen LogP contribution is -2.32. The van der Waals surface area contributed by atoms with Crippen molar-refractivity contribution in [1.29, 1.82) is 0 Å². The maximum atomic E-state index is 12.6. The molecular weight excluding hydrogens is 452 g/mol. The van der Waals surface area contributed by atoms with Crippen LogP contribution in [0.25, 0.3) is 22.0 Å². The first-order valence-electron chi connectivity index (χ1n) is 12.6. The zero-order valence-electron chi connectivity index (χ0n) is 22.0. The number of fused-ring (bicyclic) bond motifs is 1. The number of aryl methyl sites for hydroxylation is 1. The van der Waals surface area contributed by atoms with Gasteiger partial charge in [0.2, 0.25) is 0 Å². The lowest BCUT2D eigenvalue weighted by Gasteiger charge is -2.22. The highest BCUT2D eigenvalue weighted by Crippen LogP contribution is 2.48. The first-order chi connectivity index (χ1) is 16.9. The second-order valence-electron chi connectivity index (χ2n) is 11.3. The Bertz CT molecular complexity index is 1290. The number of hydrogen-bond donors (Lipinski definition) is 2. The number of carbonyl (C=O) groups is 2. The Morgan fingerprint density at radius 3 is 2.42 bits per heavy atom. The van der Waals surface area contributed by atoms with E-state index in [1.54, 1.807) is 0 Å². The molecule has 4 rings (SSSR count). The van der Waals surface area contributed by atoms with Crippen molar-refractivity contribution in [2.24, 2.45) is 11.8 Å². The Morgan fingerprint density at radius 2 is 1.83 bits per heavy atom. The van der Waals surface area contributed by atoms with Crippen molar-refractivity contribution >= 4 is 23.0 Å². The summed E-state index contributed by atoms with van der Waals surface area (Å²) in [5.41, 5.74) is 6.46. The molecule has 1 saturated carbocycles. The molecule has 2 atom stereocenters. The molecule has 1 heterocycles. The predicted molar refractivity (Wildman–Crippen MR) is 142 cm³/mol. The number of benzene rings is 2. The van der Waals surface area contributed by atoms with Gasteiger partial charge in [-0.3, -0.25) is 9.78 Å². The molecule has 1 aliphatic carbocycles. The molecule has 1 amide bonds. The quantitative estimate of drug-likeness (QED) is 0.390. The molecule has 0 radical (unpaired) electrons. The van der Waals surface area contributed by atoms with Gasteiger partial charge in [-0.25, -0.2) is 4.79 Å². The fraction of sp³-hybridized carbons (Fsp3) is 0.433. The second-order valence-corrected chi connectivity index (χ2v) is 11.3. The minimum absolute atomic E-state index is 0.0245. The topological polar surface area (TPSA) is 88.5 Å². The van der Waals surface area contributed by atoms with Gasteiger partial charge >= 0.3 is 12.1 Å². The first kappa shape index (κ1) is 25.7. The molecule has 36 heavy (non-hydrogen) atoms. The number of aromatic nitrogens is 1. The number of carboxylic acids is 1. The van der Waals surface area contributed by atoms with E-state index in [9.17, 15) is 14.7 Å². The van der Waals surface area contributed by atoms with E-state index in [1.807, 2.05) is 32.9 Å². The summed E-state index contributed by atoms with van der Waals surface area (Å²) in [7, 11) is 0. The van der Waals surface area contributed by atoms with Gasteiger partial charge in [-0.2, -0.15) is 0 Å². The van der Waals surface area contributed by atoms with E-state index in [0.29, 0.717) is 12.3 Å². The van der Waals surface area contributed by atoms with Gasteiger partial charge in [-0.05, 0) is 81.2 Å². The molecule has 0 saturated heterocycles. The van der Waals surface area contributed by atoms with Crippen molar-refractivity contribution in [2.45, 2.75) is 72.4 Å². The Labute approximate surface area is 213 Å². The van der Waals surface area contributed by atoms with Gasteiger partial charge in [0.15, 0.2) is 0 Å². The number of aliphatic carboxylic acids is 1. The average Bonchev–Trinajstić information content (AvgIpc) is 3.57. The van der Waals surface area contributed by atoms with E-state index < -0.39 is 17.7 Å². The lowest BCUT2D eigenvalue weighted by atomic mass is 9.90. The Morgan fingerprint density at radius 1 is 1.14 bits per heavy atom. The molecular formula is C30H36N2O4. The van der Waals surface area contributed by atoms with Gasteiger partial charge in [-0.15, -0.1) is 0 Å². The van der Waals surface area contributed by atoms with E-state index in [0.717, 1.165) is 50.8 Å². The Hall–Kier alpha value is -3.41. The third-order valence-electron chi connectivity index (χ3n) is 6.48. The molecule has 0 bridgehead atoms. The van der Waals surface area contributed by atoms with Crippen LogP contribution in [0.2, 0.25) is 0 Å². The molecule has 3 aromatic rings.